The van der Waals surface area contributed by atoms with E-state index in [1.54, 1.807) is 7.11 Å². The fraction of sp³-hybridized carbons (Fsp3) is 0.625. The number of ether oxygens (including phenoxy) is 2. The van der Waals surface area contributed by atoms with Gasteiger partial charge in [-0.15, -0.1) is 0 Å². The predicted molar refractivity (Wildman–Crippen MR) is 81.5 cm³/mol. The second-order valence-electron chi connectivity index (χ2n) is 5.54. The summed E-state index contributed by atoms with van der Waals surface area (Å²) in [6.07, 6.45) is 3.42. The summed E-state index contributed by atoms with van der Waals surface area (Å²) in [6.45, 7) is 5.89. The highest BCUT2D eigenvalue weighted by Gasteiger charge is 2.14. The first-order valence-corrected chi connectivity index (χ1v) is 7.44. The number of nitrogens with two attached hydrogens (primary N) is 1. The molecule has 1 aromatic rings. The van der Waals surface area contributed by atoms with Gasteiger partial charge in [-0.3, -0.25) is 4.90 Å². The SMILES string of the molecule is COc1cc(C)ccc1OCCN1CCCC(N)CC1. The smallest absolute Gasteiger partial charge is 0.161 e. The molecule has 0 aromatic heterocycles. The molecule has 0 saturated carbocycles. The lowest BCUT2D eigenvalue weighted by molar-refractivity contribution is 0.208. The first-order chi connectivity index (χ1) is 9.69. The number of aryl methyl sites for hydroxylation is 1. The van der Waals surface area contributed by atoms with Crippen molar-refractivity contribution >= 4 is 0 Å². The fourth-order valence-electron chi connectivity index (χ4n) is 2.58. The Morgan fingerprint density at radius 2 is 2.10 bits per heavy atom. The average molecular weight is 278 g/mol. The zero-order chi connectivity index (χ0) is 14.4. The number of nitrogens with zero attached hydrogens (tertiary/aromatic N) is 1. The number of hydrogen-bond donors (Lipinski definition) is 1. The van der Waals surface area contributed by atoms with E-state index >= 15 is 0 Å². The Hall–Kier alpha value is -1.26. The lowest BCUT2D eigenvalue weighted by atomic mass is 10.1. The summed E-state index contributed by atoms with van der Waals surface area (Å²) in [5.74, 6) is 1.63. The molecule has 0 radical (unpaired) electrons. The van der Waals surface area contributed by atoms with Crippen LogP contribution in [0.2, 0.25) is 0 Å². The third-order valence-electron chi connectivity index (χ3n) is 3.85. The van der Waals surface area contributed by atoms with Crippen LogP contribution in [0.3, 0.4) is 0 Å². The van der Waals surface area contributed by atoms with Crippen molar-refractivity contribution in [3.63, 3.8) is 0 Å². The molecular formula is C16H26N2O2. The first-order valence-electron chi connectivity index (χ1n) is 7.44. The summed E-state index contributed by atoms with van der Waals surface area (Å²) in [5, 5.41) is 0. The average Bonchev–Trinajstić information content (AvgIpc) is 2.65. The normalized spacial score (nSPS) is 20.4. The molecule has 20 heavy (non-hydrogen) atoms. The van der Waals surface area contributed by atoms with Gasteiger partial charge in [0.2, 0.25) is 0 Å². The van der Waals surface area contributed by atoms with Crippen molar-refractivity contribution in [3.05, 3.63) is 23.8 Å². The van der Waals surface area contributed by atoms with Crippen LogP contribution >= 0.6 is 0 Å². The van der Waals surface area contributed by atoms with Crippen LogP contribution < -0.4 is 15.2 Å². The molecule has 1 aliphatic rings. The van der Waals surface area contributed by atoms with Crippen LogP contribution in [0.5, 0.6) is 11.5 Å². The largest absolute Gasteiger partial charge is 0.493 e. The van der Waals surface area contributed by atoms with E-state index in [2.05, 4.69) is 4.90 Å². The van der Waals surface area contributed by atoms with Gasteiger partial charge in [0.25, 0.3) is 0 Å². The van der Waals surface area contributed by atoms with Gasteiger partial charge in [-0.1, -0.05) is 6.07 Å². The maximum absolute atomic E-state index is 5.99. The van der Waals surface area contributed by atoms with E-state index in [-0.39, 0.29) is 0 Å². The predicted octanol–water partition coefficient (Wildman–Crippen LogP) is 2.20. The number of hydrogen-bond acceptors (Lipinski definition) is 4. The minimum atomic E-state index is 0.373. The quantitative estimate of drug-likeness (QED) is 0.897. The molecule has 1 saturated heterocycles. The monoisotopic (exact) mass is 278 g/mol. The van der Waals surface area contributed by atoms with Gasteiger partial charge in [0.15, 0.2) is 11.5 Å². The molecule has 1 heterocycles. The van der Waals surface area contributed by atoms with E-state index in [1.165, 1.54) is 12.0 Å². The van der Waals surface area contributed by atoms with E-state index in [9.17, 15) is 0 Å². The zero-order valence-corrected chi connectivity index (χ0v) is 12.6. The number of benzene rings is 1. The second-order valence-corrected chi connectivity index (χ2v) is 5.54. The van der Waals surface area contributed by atoms with E-state index < -0.39 is 0 Å². The molecule has 1 aliphatic heterocycles. The molecule has 4 heteroatoms. The Balaban J connectivity index is 1.80. The van der Waals surface area contributed by atoms with Crippen LogP contribution in [0.15, 0.2) is 18.2 Å². The van der Waals surface area contributed by atoms with E-state index in [0.717, 1.165) is 44.0 Å². The Kier molecular flexibility index (Phi) is 5.68. The third kappa shape index (κ3) is 4.39. The Bertz CT molecular complexity index is 423. The van der Waals surface area contributed by atoms with Crippen LogP contribution in [-0.2, 0) is 0 Å². The summed E-state index contributed by atoms with van der Waals surface area (Å²) < 4.78 is 11.2. The highest BCUT2D eigenvalue weighted by molar-refractivity contribution is 5.42. The lowest BCUT2D eigenvalue weighted by Crippen LogP contribution is -2.30. The van der Waals surface area contributed by atoms with Gasteiger partial charge in [0.05, 0.1) is 7.11 Å². The Labute approximate surface area is 121 Å². The van der Waals surface area contributed by atoms with Crippen LogP contribution in [0.4, 0.5) is 0 Å². The van der Waals surface area contributed by atoms with Crippen molar-refractivity contribution in [3.8, 4) is 11.5 Å². The molecular weight excluding hydrogens is 252 g/mol. The van der Waals surface area contributed by atoms with Crippen molar-refractivity contribution in [2.75, 3.05) is 33.4 Å². The minimum absolute atomic E-state index is 0.373. The maximum atomic E-state index is 5.99. The summed E-state index contributed by atoms with van der Waals surface area (Å²) in [7, 11) is 1.68. The van der Waals surface area contributed by atoms with Gasteiger partial charge in [0.1, 0.15) is 6.61 Å². The maximum Gasteiger partial charge on any atom is 0.161 e. The van der Waals surface area contributed by atoms with Crippen molar-refractivity contribution in [2.45, 2.75) is 32.2 Å². The molecule has 0 spiro atoms. The summed E-state index contributed by atoms with van der Waals surface area (Å²) in [4.78, 5) is 2.44. The van der Waals surface area contributed by atoms with Crippen LogP contribution in [-0.4, -0.2) is 44.3 Å². The Morgan fingerprint density at radius 1 is 1.25 bits per heavy atom. The number of methoxy groups -OCH3 is 1. The van der Waals surface area contributed by atoms with E-state index in [0.29, 0.717) is 12.6 Å². The van der Waals surface area contributed by atoms with Gasteiger partial charge in [-0.25, -0.2) is 0 Å². The van der Waals surface area contributed by atoms with Gasteiger partial charge in [-0.05, 0) is 57.0 Å². The molecule has 0 amide bonds. The number of likely N-dealkylation sites (tertiary alicyclic amines) is 1. The van der Waals surface area contributed by atoms with Gasteiger partial charge in [-0.2, -0.15) is 0 Å². The third-order valence-corrected chi connectivity index (χ3v) is 3.85. The van der Waals surface area contributed by atoms with E-state index in [1.807, 2.05) is 25.1 Å². The minimum Gasteiger partial charge on any atom is -0.493 e. The topological polar surface area (TPSA) is 47.7 Å². The van der Waals surface area contributed by atoms with E-state index in [4.69, 9.17) is 15.2 Å². The van der Waals surface area contributed by atoms with Crippen molar-refractivity contribution < 1.29 is 9.47 Å². The summed E-state index contributed by atoms with van der Waals surface area (Å²) in [5.41, 5.74) is 7.17. The molecule has 112 valence electrons. The lowest BCUT2D eigenvalue weighted by Gasteiger charge is -2.20. The summed E-state index contributed by atoms with van der Waals surface area (Å²) in [6, 6.07) is 6.40. The van der Waals surface area contributed by atoms with Gasteiger partial charge < -0.3 is 15.2 Å². The van der Waals surface area contributed by atoms with Gasteiger partial charge >= 0.3 is 0 Å². The highest BCUT2D eigenvalue weighted by atomic mass is 16.5. The van der Waals surface area contributed by atoms with Crippen LogP contribution in [0.1, 0.15) is 24.8 Å². The first kappa shape index (κ1) is 15.1. The van der Waals surface area contributed by atoms with Crippen LogP contribution in [0.25, 0.3) is 0 Å². The Morgan fingerprint density at radius 3 is 2.90 bits per heavy atom. The highest BCUT2D eigenvalue weighted by Crippen LogP contribution is 2.27. The second kappa shape index (κ2) is 7.50. The number of rotatable bonds is 5. The molecule has 0 bridgehead atoms. The zero-order valence-electron chi connectivity index (χ0n) is 12.6. The molecule has 1 unspecified atom stereocenters. The standard InChI is InChI=1S/C16H26N2O2/c1-13-5-6-15(16(12-13)19-2)20-11-10-18-8-3-4-14(17)7-9-18/h5-6,12,14H,3-4,7-11,17H2,1-2H3. The van der Waals surface area contributed by atoms with Crippen LogP contribution in [0, 0.1) is 6.92 Å². The molecule has 2 N–H and O–H groups in total. The molecule has 2 rings (SSSR count). The molecule has 1 atom stereocenters. The molecule has 4 nitrogen and oxygen atoms in total. The summed E-state index contributed by atoms with van der Waals surface area (Å²) >= 11 is 0. The van der Waals surface area contributed by atoms with Crippen molar-refractivity contribution in [1.29, 1.82) is 0 Å². The van der Waals surface area contributed by atoms with Crippen molar-refractivity contribution in [1.82, 2.24) is 4.90 Å². The molecule has 1 fully saturated rings. The fourth-order valence-corrected chi connectivity index (χ4v) is 2.58. The van der Waals surface area contributed by atoms with Crippen molar-refractivity contribution in [2.24, 2.45) is 5.73 Å². The molecule has 0 aliphatic carbocycles. The van der Waals surface area contributed by atoms with Gasteiger partial charge in [0, 0.05) is 12.6 Å². The molecule has 1 aromatic carbocycles.